The van der Waals surface area contributed by atoms with Crippen LogP contribution in [0.15, 0.2) is 18.2 Å². The van der Waals surface area contributed by atoms with Crippen molar-refractivity contribution in [1.29, 1.82) is 5.41 Å². The van der Waals surface area contributed by atoms with Crippen molar-refractivity contribution in [2.75, 3.05) is 17.7 Å². The van der Waals surface area contributed by atoms with Gasteiger partial charge in [0.2, 0.25) is 0 Å². The van der Waals surface area contributed by atoms with E-state index in [0.29, 0.717) is 23.5 Å². The third kappa shape index (κ3) is 5.01. The van der Waals surface area contributed by atoms with E-state index < -0.39 is 6.09 Å². The van der Waals surface area contributed by atoms with Gasteiger partial charge in [0, 0.05) is 17.5 Å². The Kier molecular flexibility index (Phi) is 7.17. The van der Waals surface area contributed by atoms with Crippen LogP contribution in [0.4, 0.5) is 16.2 Å². The Bertz CT molecular complexity index is 378. The standard InChI is InChI=1S/C10H13N3O2.C2H6/c1-2-15-10(14)13-9-4-3-8(12)5-7(9)6-11;1-2/h3-6,11H,2,12H2,1H3,(H,13,14);1-2H3. The first-order valence-corrected chi connectivity index (χ1v) is 5.51. The highest BCUT2D eigenvalue weighted by Gasteiger charge is 2.05. The van der Waals surface area contributed by atoms with Crippen LogP contribution in [-0.4, -0.2) is 18.9 Å². The van der Waals surface area contributed by atoms with Crippen molar-refractivity contribution < 1.29 is 9.53 Å². The maximum Gasteiger partial charge on any atom is 0.411 e. The molecule has 0 aliphatic heterocycles. The maximum atomic E-state index is 11.1. The molecule has 0 fully saturated rings. The van der Waals surface area contributed by atoms with Gasteiger partial charge in [0.05, 0.1) is 12.3 Å². The maximum absolute atomic E-state index is 11.1. The SMILES string of the molecule is CC.CCOC(=O)Nc1ccc(N)cc1C=N. The summed E-state index contributed by atoms with van der Waals surface area (Å²) in [5.41, 5.74) is 7.15. The van der Waals surface area contributed by atoms with Crippen LogP contribution in [0.25, 0.3) is 0 Å². The highest BCUT2D eigenvalue weighted by atomic mass is 16.5. The minimum atomic E-state index is -0.537. The van der Waals surface area contributed by atoms with Gasteiger partial charge in [-0.2, -0.15) is 0 Å². The highest BCUT2D eigenvalue weighted by Crippen LogP contribution is 2.17. The Morgan fingerprint density at radius 2 is 2.18 bits per heavy atom. The van der Waals surface area contributed by atoms with Crippen LogP contribution in [-0.2, 0) is 4.74 Å². The monoisotopic (exact) mass is 237 g/mol. The summed E-state index contributed by atoms with van der Waals surface area (Å²) in [5.74, 6) is 0. The molecule has 5 heteroatoms. The molecule has 0 heterocycles. The third-order valence-corrected chi connectivity index (χ3v) is 1.74. The molecule has 17 heavy (non-hydrogen) atoms. The van der Waals surface area contributed by atoms with Gasteiger partial charge in [0.25, 0.3) is 0 Å². The summed E-state index contributed by atoms with van der Waals surface area (Å²) in [4.78, 5) is 11.1. The number of rotatable bonds is 3. The molecule has 94 valence electrons. The molecular formula is C12H19N3O2. The van der Waals surface area contributed by atoms with Crippen molar-refractivity contribution in [1.82, 2.24) is 0 Å². The Balaban J connectivity index is 0.00000121. The summed E-state index contributed by atoms with van der Waals surface area (Å²) < 4.78 is 4.72. The van der Waals surface area contributed by atoms with Gasteiger partial charge in [-0.3, -0.25) is 5.32 Å². The minimum absolute atomic E-state index is 0.306. The third-order valence-electron chi connectivity index (χ3n) is 1.74. The highest BCUT2D eigenvalue weighted by molar-refractivity contribution is 5.94. The number of nitrogens with two attached hydrogens (primary N) is 1. The number of anilines is 2. The fraction of sp³-hybridized carbons (Fsp3) is 0.333. The van der Waals surface area contributed by atoms with Gasteiger partial charge in [-0.1, -0.05) is 13.8 Å². The number of benzene rings is 1. The second-order valence-corrected chi connectivity index (χ2v) is 2.84. The lowest BCUT2D eigenvalue weighted by atomic mass is 10.1. The minimum Gasteiger partial charge on any atom is -0.450 e. The van der Waals surface area contributed by atoms with E-state index in [9.17, 15) is 4.79 Å². The zero-order chi connectivity index (χ0) is 13.3. The quantitative estimate of drug-likeness (QED) is 0.558. The molecule has 0 bridgehead atoms. The molecule has 1 aromatic rings. The molecule has 4 N–H and O–H groups in total. The first-order chi connectivity index (χ1) is 8.17. The van der Waals surface area contributed by atoms with E-state index in [4.69, 9.17) is 15.9 Å². The van der Waals surface area contributed by atoms with Gasteiger partial charge in [-0.05, 0) is 25.1 Å². The van der Waals surface area contributed by atoms with Crippen LogP contribution in [0.3, 0.4) is 0 Å². The van der Waals surface area contributed by atoms with E-state index >= 15 is 0 Å². The molecule has 0 aliphatic carbocycles. The van der Waals surface area contributed by atoms with Crippen molar-refractivity contribution in [3.05, 3.63) is 23.8 Å². The van der Waals surface area contributed by atoms with E-state index in [0.717, 1.165) is 6.21 Å². The van der Waals surface area contributed by atoms with Crippen LogP contribution in [0, 0.1) is 5.41 Å². The average molecular weight is 237 g/mol. The zero-order valence-electron chi connectivity index (χ0n) is 10.4. The van der Waals surface area contributed by atoms with Crippen LogP contribution in [0.5, 0.6) is 0 Å². The summed E-state index contributed by atoms with van der Waals surface area (Å²) >= 11 is 0. The Labute approximate surface area is 101 Å². The van der Waals surface area contributed by atoms with Crippen molar-refractivity contribution in [2.45, 2.75) is 20.8 Å². The first kappa shape index (κ1) is 15.0. The van der Waals surface area contributed by atoms with Crippen LogP contribution in [0.1, 0.15) is 26.3 Å². The van der Waals surface area contributed by atoms with Gasteiger partial charge in [0.15, 0.2) is 0 Å². The summed E-state index contributed by atoms with van der Waals surface area (Å²) in [6.45, 7) is 6.03. The van der Waals surface area contributed by atoms with E-state index in [1.54, 1.807) is 25.1 Å². The fourth-order valence-corrected chi connectivity index (χ4v) is 1.09. The Hall–Kier alpha value is -2.04. The molecule has 1 aromatic carbocycles. The molecule has 5 nitrogen and oxygen atoms in total. The molecule has 0 atom stereocenters. The second kappa shape index (κ2) is 8.15. The zero-order valence-corrected chi connectivity index (χ0v) is 10.4. The Morgan fingerprint density at radius 3 is 2.71 bits per heavy atom. The van der Waals surface area contributed by atoms with Crippen molar-refractivity contribution >= 4 is 23.7 Å². The molecular weight excluding hydrogens is 218 g/mol. The van der Waals surface area contributed by atoms with E-state index in [1.807, 2.05) is 13.8 Å². The van der Waals surface area contributed by atoms with Gasteiger partial charge < -0.3 is 15.9 Å². The van der Waals surface area contributed by atoms with Crippen LogP contribution < -0.4 is 11.1 Å². The second-order valence-electron chi connectivity index (χ2n) is 2.84. The lowest BCUT2D eigenvalue weighted by Crippen LogP contribution is -2.14. The number of hydrogen-bond acceptors (Lipinski definition) is 4. The Morgan fingerprint density at radius 1 is 1.53 bits per heavy atom. The van der Waals surface area contributed by atoms with Gasteiger partial charge in [0.1, 0.15) is 0 Å². The average Bonchev–Trinajstić information content (AvgIpc) is 2.34. The first-order valence-electron chi connectivity index (χ1n) is 5.51. The molecule has 0 aliphatic rings. The molecule has 0 aromatic heterocycles. The number of amides is 1. The topological polar surface area (TPSA) is 88.2 Å². The lowest BCUT2D eigenvalue weighted by Gasteiger charge is -2.08. The molecule has 0 unspecified atom stereocenters. The van der Waals surface area contributed by atoms with E-state index in [2.05, 4.69) is 5.32 Å². The number of nitrogens with one attached hydrogen (secondary N) is 2. The van der Waals surface area contributed by atoms with Crippen molar-refractivity contribution in [3.8, 4) is 0 Å². The number of carbonyl (C=O) groups is 1. The summed E-state index contributed by atoms with van der Waals surface area (Å²) in [5, 5.41) is 9.68. The molecule has 0 saturated carbocycles. The molecule has 1 rings (SSSR count). The number of hydrogen-bond donors (Lipinski definition) is 3. The smallest absolute Gasteiger partial charge is 0.411 e. The summed E-state index contributed by atoms with van der Waals surface area (Å²) in [6, 6.07) is 4.88. The predicted octanol–water partition coefficient (Wildman–Crippen LogP) is 2.86. The van der Waals surface area contributed by atoms with Gasteiger partial charge in [-0.15, -0.1) is 0 Å². The molecule has 0 saturated heterocycles. The van der Waals surface area contributed by atoms with Crippen molar-refractivity contribution in [2.24, 2.45) is 0 Å². The fourth-order valence-electron chi connectivity index (χ4n) is 1.09. The number of ether oxygens (including phenoxy) is 1. The largest absolute Gasteiger partial charge is 0.450 e. The predicted molar refractivity (Wildman–Crippen MR) is 70.7 cm³/mol. The summed E-state index contributed by atoms with van der Waals surface area (Å²) in [6.07, 6.45) is 0.586. The normalized spacial score (nSPS) is 8.65. The van der Waals surface area contributed by atoms with Gasteiger partial charge >= 0.3 is 6.09 Å². The lowest BCUT2D eigenvalue weighted by molar-refractivity contribution is 0.168. The van der Waals surface area contributed by atoms with Crippen molar-refractivity contribution in [3.63, 3.8) is 0 Å². The van der Waals surface area contributed by atoms with Gasteiger partial charge in [-0.25, -0.2) is 4.79 Å². The summed E-state index contributed by atoms with van der Waals surface area (Å²) in [7, 11) is 0. The van der Waals surface area contributed by atoms with E-state index in [-0.39, 0.29) is 0 Å². The number of nitrogen functional groups attached to an aromatic ring is 1. The molecule has 1 amide bonds. The number of carbonyl (C=O) groups excluding carboxylic acids is 1. The molecule has 0 spiro atoms. The van der Waals surface area contributed by atoms with E-state index in [1.165, 1.54) is 0 Å². The molecule has 0 radical (unpaired) electrons. The van der Waals surface area contributed by atoms with Crippen LogP contribution in [0.2, 0.25) is 0 Å². The van der Waals surface area contributed by atoms with Crippen LogP contribution >= 0.6 is 0 Å².